The Morgan fingerprint density at radius 2 is 0.603 bits per heavy atom. The molecular formula is C88H168N4Na2O20P2. The van der Waals surface area contributed by atoms with Gasteiger partial charge in [0, 0.05) is 51.6 Å². The van der Waals surface area contributed by atoms with E-state index in [2.05, 4.69) is 87.1 Å². The summed E-state index contributed by atoms with van der Waals surface area (Å²) < 4.78 is 70.2. The van der Waals surface area contributed by atoms with Crippen molar-refractivity contribution in [2.75, 3.05) is 65.9 Å². The number of nitrogens with one attached hydrogen (secondary N) is 4. The molecule has 0 aromatic carbocycles. The third-order valence-corrected chi connectivity index (χ3v) is 21.0. The number of amides is 4. The molecule has 4 N–H and O–H groups in total. The maximum absolute atomic E-state index is 13.2. The molecule has 0 aliphatic rings. The number of hydrogen-bond acceptors (Lipinski definition) is 20. The zero-order valence-electron chi connectivity index (χ0n) is 72.2. The van der Waals surface area contributed by atoms with Gasteiger partial charge in [0.2, 0.25) is 23.6 Å². The number of allylic oxidation sites excluding steroid dienone is 4. The van der Waals surface area contributed by atoms with Crippen LogP contribution in [0.1, 0.15) is 404 Å². The third-order valence-electron chi connectivity index (χ3n) is 19.0. The summed E-state index contributed by atoms with van der Waals surface area (Å²) in [6, 6.07) is -2.09. The summed E-state index contributed by atoms with van der Waals surface area (Å²) in [4.78, 5) is 130. The monoisotopic (exact) mass is 1710 g/mol. The number of hydrogen-bond donors (Lipinski definition) is 4. The Morgan fingerprint density at radius 1 is 0.319 bits per heavy atom. The molecule has 0 heterocycles. The maximum atomic E-state index is 13.2. The van der Waals surface area contributed by atoms with E-state index in [1.54, 1.807) is 0 Å². The van der Waals surface area contributed by atoms with Gasteiger partial charge in [0.05, 0.1) is 77.8 Å². The second kappa shape index (κ2) is 90.5. The van der Waals surface area contributed by atoms with E-state index in [0.29, 0.717) is 51.4 Å². The van der Waals surface area contributed by atoms with Crippen LogP contribution in [-0.2, 0) is 84.5 Å². The normalized spacial score (nSPS) is 13.2. The van der Waals surface area contributed by atoms with E-state index in [0.717, 1.165) is 154 Å². The van der Waals surface area contributed by atoms with Gasteiger partial charge in [0.25, 0.3) is 15.6 Å². The van der Waals surface area contributed by atoms with Crippen molar-refractivity contribution in [3.05, 3.63) is 24.3 Å². The SMILES string of the molecule is C.C.C.CCCCCC/C=C\CCCC(=O)O[C@H](CCCCCCC)CCOCC(COP(=O)([O-])OCCNC(=O)CC(=O)NCCOP(=O)([O-])OCC(COCC[C@@H](CCCCCCC)OC(=O)CCC/C=C\CCCCCC)NC(=O)CC(=O)CCCCCCCCCCC)NC(=O)CC(=O)CCCCCCCCCCC.[Na+].[Na+]. The summed E-state index contributed by atoms with van der Waals surface area (Å²) >= 11 is 0. The molecule has 0 rings (SSSR count). The molecule has 116 heavy (non-hydrogen) atoms. The van der Waals surface area contributed by atoms with Crippen molar-refractivity contribution in [2.45, 2.75) is 428 Å². The van der Waals surface area contributed by atoms with E-state index in [1.165, 1.54) is 89.9 Å². The minimum absolute atomic E-state index is 0. The Hall–Kier alpha value is -2.22. The van der Waals surface area contributed by atoms with Gasteiger partial charge in [0.15, 0.2) is 0 Å². The van der Waals surface area contributed by atoms with Crippen molar-refractivity contribution in [1.29, 1.82) is 0 Å². The predicted molar refractivity (Wildman–Crippen MR) is 458 cm³/mol. The first kappa shape index (κ1) is 125. The molecule has 0 saturated heterocycles. The molecule has 0 aliphatic heterocycles. The van der Waals surface area contributed by atoms with Crippen LogP contribution in [0.3, 0.4) is 0 Å². The zero-order valence-corrected chi connectivity index (χ0v) is 78.0. The zero-order chi connectivity index (χ0) is 81.8. The van der Waals surface area contributed by atoms with Gasteiger partial charge in [-0.3, -0.25) is 47.5 Å². The summed E-state index contributed by atoms with van der Waals surface area (Å²) in [6.07, 6.45) is 53.3. The third kappa shape index (κ3) is 86.7. The average molecular weight is 1710 g/mol. The molecule has 6 atom stereocenters. The number of esters is 2. The van der Waals surface area contributed by atoms with Crippen LogP contribution >= 0.6 is 15.6 Å². The van der Waals surface area contributed by atoms with Crippen molar-refractivity contribution in [1.82, 2.24) is 21.3 Å². The van der Waals surface area contributed by atoms with Crippen LogP contribution < -0.4 is 90.2 Å². The molecule has 0 radical (unpaired) electrons. The number of rotatable bonds is 84. The number of unbranched alkanes of at least 4 members (excludes halogenated alkanes) is 34. The largest absolute Gasteiger partial charge is 1.00 e. The number of ether oxygens (including phenoxy) is 4. The Kier molecular flexibility index (Phi) is 97.2. The van der Waals surface area contributed by atoms with Crippen molar-refractivity contribution >= 4 is 62.8 Å². The Morgan fingerprint density at radius 3 is 0.922 bits per heavy atom. The fourth-order valence-electron chi connectivity index (χ4n) is 12.4. The van der Waals surface area contributed by atoms with E-state index in [-0.39, 0.29) is 170 Å². The molecular weight excluding hydrogens is 1540 g/mol. The topological polar surface area (TPSA) is 339 Å². The minimum atomic E-state index is -5.08. The fraction of sp³-hybridized carbons (Fsp3) is 0.864. The van der Waals surface area contributed by atoms with Crippen molar-refractivity contribution in [3.63, 3.8) is 0 Å². The first-order valence-electron chi connectivity index (χ1n) is 43.9. The Bertz CT molecular complexity index is 2340. The molecule has 0 aliphatic carbocycles. The molecule has 0 bridgehead atoms. The van der Waals surface area contributed by atoms with Gasteiger partial charge < -0.3 is 68.1 Å². The van der Waals surface area contributed by atoms with Gasteiger partial charge in [-0.2, -0.15) is 0 Å². The van der Waals surface area contributed by atoms with Gasteiger partial charge in [-0.25, -0.2) is 0 Å². The number of phosphoric ester groups is 2. The molecule has 24 nitrogen and oxygen atoms in total. The number of carbonyl (C=O) groups is 8. The number of phosphoric acid groups is 2. The van der Waals surface area contributed by atoms with Crippen LogP contribution in [-0.4, -0.2) is 137 Å². The molecule has 4 unspecified atom stereocenters. The first-order valence-corrected chi connectivity index (χ1v) is 46.8. The maximum Gasteiger partial charge on any atom is 1.00 e. The van der Waals surface area contributed by atoms with E-state index in [1.807, 2.05) is 0 Å². The van der Waals surface area contributed by atoms with Crippen molar-refractivity contribution in [2.24, 2.45) is 0 Å². The summed E-state index contributed by atoms with van der Waals surface area (Å²) in [7, 11) is -10.2. The van der Waals surface area contributed by atoms with Crippen LogP contribution in [0, 0.1) is 0 Å². The molecule has 0 saturated carbocycles. The Balaban J connectivity index is -0.00000605. The van der Waals surface area contributed by atoms with Crippen molar-refractivity contribution < 1.29 is 153 Å². The summed E-state index contributed by atoms with van der Waals surface area (Å²) in [6.45, 7) is 9.63. The summed E-state index contributed by atoms with van der Waals surface area (Å²) in [5.74, 6) is -3.98. The van der Waals surface area contributed by atoms with Crippen LogP contribution in [0.15, 0.2) is 24.3 Å². The quantitative estimate of drug-likeness (QED) is 0.0110. The van der Waals surface area contributed by atoms with Crippen LogP contribution in [0.5, 0.6) is 0 Å². The minimum Gasteiger partial charge on any atom is -0.756 e. The van der Waals surface area contributed by atoms with Gasteiger partial charge in [-0.05, 0) is 89.9 Å². The predicted octanol–water partition coefficient (Wildman–Crippen LogP) is 14.0. The van der Waals surface area contributed by atoms with Gasteiger partial charge in [0.1, 0.15) is 30.2 Å². The number of carbonyl (C=O) groups excluding carboxylic acids is 8. The second-order valence-corrected chi connectivity index (χ2v) is 32.8. The molecule has 28 heteroatoms. The van der Waals surface area contributed by atoms with E-state index in [4.69, 9.17) is 37.0 Å². The van der Waals surface area contributed by atoms with Crippen molar-refractivity contribution in [3.8, 4) is 0 Å². The van der Waals surface area contributed by atoms with Gasteiger partial charge in [-0.15, -0.1) is 0 Å². The second-order valence-electron chi connectivity index (χ2n) is 29.9. The fourth-order valence-corrected chi connectivity index (χ4v) is 14.0. The Labute approximate surface area is 750 Å². The standard InChI is InChI=1S/C85H158N4O20P2.3CH4.2Na/c1-7-13-19-25-29-33-37-43-47-53-76(90)67-82(94)88-74(70-102-63-59-78(55-49-41-23-17-11-5)108-84(96)57-51-45-39-35-31-27-21-15-9-3)72-106-110(98,99)104-65-61-86-80(92)69-81(93)87-62-66-105-111(100,101)107-73-75(89-83(95)68-77(91)54-48-44-38-34-30-26-20-14-8-2)71-103-64-60-79(56-50-42-24-18-12-6)109-85(97)58-52-46-40-36-32-28-22-16-10-4;;;;;/h35-36,39-40,74-75,78-79H,7-34,37-38,41-73H2,1-6H3,(H,86,92)(H,87,93)(H,88,94)(H,89,95)(H,98,99)(H,100,101);3*1H4;;/q;;;;2*+1/p-2/b39-35-,40-36-;;;;;/t74?,75?,78-,79-;;;;;/m1...../s1. The summed E-state index contributed by atoms with van der Waals surface area (Å²) in [5, 5.41) is 10.1. The van der Waals surface area contributed by atoms with Crippen LogP contribution in [0.2, 0.25) is 0 Å². The van der Waals surface area contributed by atoms with E-state index < -0.39 is 109 Å². The smallest absolute Gasteiger partial charge is 0.756 e. The van der Waals surface area contributed by atoms with Crippen LogP contribution in [0.4, 0.5) is 0 Å². The molecule has 0 aromatic heterocycles. The van der Waals surface area contributed by atoms with E-state index in [9.17, 15) is 57.3 Å². The molecule has 672 valence electrons. The van der Waals surface area contributed by atoms with Gasteiger partial charge in [-0.1, -0.05) is 281 Å². The number of Topliss-reactive ketones (excluding diaryl/α,β-unsaturated/α-hetero) is 2. The van der Waals surface area contributed by atoms with E-state index >= 15 is 0 Å². The molecule has 0 spiro atoms. The van der Waals surface area contributed by atoms with Crippen LogP contribution in [0.25, 0.3) is 0 Å². The average Bonchev–Trinajstić information content (AvgIpc) is 0.908. The first-order chi connectivity index (χ1) is 53.7. The number of ketones is 2. The molecule has 0 fully saturated rings. The van der Waals surface area contributed by atoms with Gasteiger partial charge >= 0.3 is 71.1 Å². The molecule has 0 aromatic rings. The molecule has 4 amide bonds. The summed E-state index contributed by atoms with van der Waals surface area (Å²) in [5.41, 5.74) is 0.